The Labute approximate surface area is 175 Å². The first-order chi connectivity index (χ1) is 13.6. The molecule has 1 heterocycles. The van der Waals surface area contributed by atoms with E-state index in [-0.39, 0.29) is 18.6 Å². The van der Waals surface area contributed by atoms with Gasteiger partial charge in [-0.05, 0) is 48.9 Å². The van der Waals surface area contributed by atoms with Crippen molar-refractivity contribution in [3.05, 3.63) is 29.3 Å². The summed E-state index contributed by atoms with van der Waals surface area (Å²) in [5.74, 6) is 0.970. The minimum atomic E-state index is -1.19. The molecule has 0 saturated carbocycles. The van der Waals surface area contributed by atoms with E-state index >= 15 is 0 Å². The van der Waals surface area contributed by atoms with E-state index in [0.717, 1.165) is 31.4 Å². The van der Waals surface area contributed by atoms with E-state index in [0.29, 0.717) is 13.2 Å². The van der Waals surface area contributed by atoms with Gasteiger partial charge in [-0.25, -0.2) is 0 Å². The van der Waals surface area contributed by atoms with Crippen molar-refractivity contribution >= 4 is 0 Å². The molecule has 0 spiro atoms. The van der Waals surface area contributed by atoms with Gasteiger partial charge in [0, 0.05) is 6.54 Å². The fourth-order valence-electron chi connectivity index (χ4n) is 3.96. The Kier molecular flexibility index (Phi) is 8.91. The number of hydrogen-bond acceptors (Lipinski definition) is 6. The molecule has 4 N–H and O–H groups in total. The van der Waals surface area contributed by atoms with Gasteiger partial charge in [-0.2, -0.15) is 0 Å². The van der Waals surface area contributed by atoms with Crippen LogP contribution in [0.1, 0.15) is 57.6 Å². The van der Waals surface area contributed by atoms with Gasteiger partial charge in [-0.3, -0.25) is 4.90 Å². The monoisotopic (exact) mass is 409 g/mol. The minimum Gasteiger partial charge on any atom is -0.493 e. The van der Waals surface area contributed by atoms with E-state index in [4.69, 9.17) is 4.74 Å². The van der Waals surface area contributed by atoms with Crippen LogP contribution in [0.3, 0.4) is 0 Å². The molecule has 4 atom stereocenters. The average Bonchev–Trinajstić information content (AvgIpc) is 2.64. The lowest BCUT2D eigenvalue weighted by atomic mass is 9.86. The molecular weight excluding hydrogens is 370 g/mol. The summed E-state index contributed by atoms with van der Waals surface area (Å²) >= 11 is 0. The lowest BCUT2D eigenvalue weighted by Crippen LogP contribution is -2.62. The number of ether oxygens (including phenoxy) is 1. The van der Waals surface area contributed by atoms with Crippen molar-refractivity contribution in [1.29, 1.82) is 0 Å². The van der Waals surface area contributed by atoms with E-state index in [2.05, 4.69) is 45.9 Å². The lowest BCUT2D eigenvalue weighted by Gasteiger charge is -2.43. The lowest BCUT2D eigenvalue weighted by molar-refractivity contribution is -0.145. The van der Waals surface area contributed by atoms with Crippen molar-refractivity contribution in [2.24, 2.45) is 0 Å². The first-order valence-electron chi connectivity index (χ1n) is 10.8. The summed E-state index contributed by atoms with van der Waals surface area (Å²) in [6, 6.07) is 5.87. The van der Waals surface area contributed by atoms with Gasteiger partial charge < -0.3 is 25.2 Å². The fraction of sp³-hybridized carbons (Fsp3) is 0.739. The normalized spacial score (nSPS) is 25.9. The third kappa shape index (κ3) is 6.66. The zero-order valence-electron chi connectivity index (χ0n) is 18.3. The van der Waals surface area contributed by atoms with Crippen molar-refractivity contribution in [2.45, 2.75) is 83.1 Å². The van der Waals surface area contributed by atoms with Crippen molar-refractivity contribution < 1.29 is 25.2 Å². The molecule has 2 rings (SSSR count). The van der Waals surface area contributed by atoms with Crippen LogP contribution in [0.5, 0.6) is 5.75 Å². The zero-order valence-corrected chi connectivity index (χ0v) is 18.3. The van der Waals surface area contributed by atoms with Crippen LogP contribution in [0, 0.1) is 6.92 Å². The summed E-state index contributed by atoms with van der Waals surface area (Å²) < 4.78 is 6.08. The Morgan fingerprint density at radius 1 is 1.03 bits per heavy atom. The molecule has 6 nitrogen and oxygen atoms in total. The third-order valence-corrected chi connectivity index (χ3v) is 5.76. The summed E-state index contributed by atoms with van der Waals surface area (Å²) in [5.41, 5.74) is 2.47. The molecule has 29 heavy (non-hydrogen) atoms. The standard InChI is InChI=1S/C23H39NO5/c1-16-9-10-17(23(2,3)4)20(13-16)29-12-8-6-5-7-11-24-14-19(26)22(28)21(27)18(24)15-25/h9-10,13,18-19,21-22,25-28H,5-8,11-12,14-15H2,1-4H3/t18-,19+,21-,22-/m1/s1. The van der Waals surface area contributed by atoms with Crippen molar-refractivity contribution in [3.63, 3.8) is 0 Å². The number of unbranched alkanes of at least 4 members (excludes halogenated alkanes) is 3. The molecule has 166 valence electrons. The van der Waals surface area contributed by atoms with Crippen LogP contribution >= 0.6 is 0 Å². The van der Waals surface area contributed by atoms with Gasteiger partial charge >= 0.3 is 0 Å². The van der Waals surface area contributed by atoms with E-state index in [1.807, 2.05) is 4.90 Å². The summed E-state index contributed by atoms with van der Waals surface area (Å²) in [7, 11) is 0. The summed E-state index contributed by atoms with van der Waals surface area (Å²) in [5, 5.41) is 39.2. The summed E-state index contributed by atoms with van der Waals surface area (Å²) in [6.07, 6.45) is 0.611. The highest BCUT2D eigenvalue weighted by atomic mass is 16.5. The number of β-amino-alcohol motifs (C(OH)–C–C–N with tert-alkyl or cyclic N) is 1. The van der Waals surface area contributed by atoms with Crippen LogP contribution in [-0.2, 0) is 5.41 Å². The second kappa shape index (κ2) is 10.7. The molecule has 1 aliphatic heterocycles. The predicted octanol–water partition coefficient (Wildman–Crippen LogP) is 1.99. The summed E-state index contributed by atoms with van der Waals surface area (Å²) in [4.78, 5) is 1.88. The van der Waals surface area contributed by atoms with Crippen molar-refractivity contribution in [1.82, 2.24) is 4.90 Å². The summed E-state index contributed by atoms with van der Waals surface area (Å²) in [6.45, 7) is 10.1. The Bertz CT molecular complexity index is 630. The molecule has 1 aromatic carbocycles. The maximum atomic E-state index is 10.0. The maximum Gasteiger partial charge on any atom is 0.123 e. The maximum absolute atomic E-state index is 10.0. The Balaban J connectivity index is 1.71. The van der Waals surface area contributed by atoms with E-state index in [1.165, 1.54) is 11.1 Å². The largest absolute Gasteiger partial charge is 0.493 e. The van der Waals surface area contributed by atoms with Crippen LogP contribution in [0.4, 0.5) is 0 Å². The number of rotatable bonds is 9. The number of nitrogens with zero attached hydrogens (tertiary/aromatic N) is 1. The Morgan fingerprint density at radius 3 is 2.38 bits per heavy atom. The first kappa shape index (κ1) is 24.1. The highest BCUT2D eigenvalue weighted by molar-refractivity contribution is 5.41. The number of aliphatic hydroxyl groups is 4. The van der Waals surface area contributed by atoms with Gasteiger partial charge in [-0.1, -0.05) is 45.7 Å². The van der Waals surface area contributed by atoms with Crippen LogP contribution in [-0.4, -0.2) is 76.0 Å². The van der Waals surface area contributed by atoms with Gasteiger partial charge in [0.1, 0.15) is 18.0 Å². The SMILES string of the molecule is Cc1ccc(C(C)(C)C)c(OCCCCCCN2C[C@H](O)[C@@H](O)[C@H](O)[C@H]2CO)c1. The first-order valence-corrected chi connectivity index (χ1v) is 10.8. The van der Waals surface area contributed by atoms with Gasteiger partial charge in [0.15, 0.2) is 0 Å². The minimum absolute atomic E-state index is 0.0451. The Hall–Kier alpha value is -1.18. The number of likely N-dealkylation sites (tertiary alicyclic amines) is 1. The van der Waals surface area contributed by atoms with E-state index in [1.54, 1.807) is 0 Å². The number of hydrogen-bond donors (Lipinski definition) is 4. The molecule has 1 aliphatic rings. The van der Waals surface area contributed by atoms with Crippen molar-refractivity contribution in [3.8, 4) is 5.75 Å². The second-order valence-electron chi connectivity index (χ2n) is 9.31. The number of aliphatic hydroxyl groups excluding tert-OH is 4. The van der Waals surface area contributed by atoms with E-state index < -0.39 is 24.4 Å². The fourth-order valence-corrected chi connectivity index (χ4v) is 3.96. The van der Waals surface area contributed by atoms with Crippen LogP contribution in [0.15, 0.2) is 18.2 Å². The van der Waals surface area contributed by atoms with Gasteiger partial charge in [-0.15, -0.1) is 0 Å². The molecule has 1 saturated heterocycles. The molecule has 1 fully saturated rings. The van der Waals surface area contributed by atoms with Crippen LogP contribution in [0.2, 0.25) is 0 Å². The molecule has 0 aromatic heterocycles. The second-order valence-corrected chi connectivity index (χ2v) is 9.31. The van der Waals surface area contributed by atoms with Crippen molar-refractivity contribution in [2.75, 3.05) is 26.3 Å². The molecule has 0 aliphatic carbocycles. The van der Waals surface area contributed by atoms with Gasteiger partial charge in [0.25, 0.3) is 0 Å². The van der Waals surface area contributed by atoms with Crippen LogP contribution < -0.4 is 4.74 Å². The molecule has 0 radical (unpaired) electrons. The molecular formula is C23H39NO5. The highest BCUT2D eigenvalue weighted by Gasteiger charge is 2.40. The van der Waals surface area contributed by atoms with Crippen LogP contribution in [0.25, 0.3) is 0 Å². The molecule has 1 aromatic rings. The molecule has 0 unspecified atom stereocenters. The predicted molar refractivity (Wildman–Crippen MR) is 114 cm³/mol. The van der Waals surface area contributed by atoms with Gasteiger partial charge in [0.2, 0.25) is 0 Å². The number of piperidine rings is 1. The third-order valence-electron chi connectivity index (χ3n) is 5.76. The number of aryl methyl sites for hydroxylation is 1. The molecule has 0 amide bonds. The smallest absolute Gasteiger partial charge is 0.123 e. The van der Waals surface area contributed by atoms with Gasteiger partial charge in [0.05, 0.1) is 25.4 Å². The zero-order chi connectivity index (χ0) is 21.6. The average molecular weight is 410 g/mol. The molecule has 6 heteroatoms. The van der Waals surface area contributed by atoms with E-state index in [9.17, 15) is 20.4 Å². The Morgan fingerprint density at radius 2 is 1.72 bits per heavy atom. The highest BCUT2D eigenvalue weighted by Crippen LogP contribution is 2.32. The topological polar surface area (TPSA) is 93.4 Å². The molecule has 0 bridgehead atoms. The quantitative estimate of drug-likeness (QED) is 0.466. The number of benzene rings is 1.